The zero-order valence-corrected chi connectivity index (χ0v) is 8.86. The van der Waals surface area contributed by atoms with Gasteiger partial charge < -0.3 is 5.11 Å². The van der Waals surface area contributed by atoms with E-state index in [0.29, 0.717) is 6.42 Å². The second-order valence-corrected chi connectivity index (χ2v) is 3.64. The molecule has 0 spiro atoms. The molecule has 2 aromatic carbocycles. The van der Waals surface area contributed by atoms with Gasteiger partial charge in [-0.2, -0.15) is 0 Å². The molecule has 82 valence electrons. The predicted molar refractivity (Wildman–Crippen MR) is 62.6 cm³/mol. The van der Waals surface area contributed by atoms with Crippen molar-refractivity contribution in [2.75, 3.05) is 6.61 Å². The van der Waals surface area contributed by atoms with Gasteiger partial charge in [0.15, 0.2) is 0 Å². The Balaban J connectivity index is 2.46. The van der Waals surface area contributed by atoms with Crippen LogP contribution in [0, 0.1) is 5.82 Å². The molecule has 0 fully saturated rings. The van der Waals surface area contributed by atoms with Gasteiger partial charge in [-0.3, -0.25) is 0 Å². The SMILES string of the molecule is OCCc1ccccc1-c1cccc(F)c1. The van der Waals surface area contributed by atoms with E-state index in [1.807, 2.05) is 30.3 Å². The van der Waals surface area contributed by atoms with Crippen LogP contribution >= 0.6 is 0 Å². The first-order valence-electron chi connectivity index (χ1n) is 5.26. The first-order valence-corrected chi connectivity index (χ1v) is 5.26. The molecule has 0 saturated carbocycles. The molecule has 2 aromatic rings. The molecule has 0 radical (unpaired) electrons. The maximum atomic E-state index is 13.1. The first-order chi connectivity index (χ1) is 7.81. The standard InChI is InChI=1S/C14H13FO/c15-13-6-3-5-12(10-13)14-7-2-1-4-11(14)8-9-16/h1-7,10,16H,8-9H2. The minimum absolute atomic E-state index is 0.104. The van der Waals surface area contributed by atoms with E-state index in [0.717, 1.165) is 16.7 Å². The van der Waals surface area contributed by atoms with Crippen molar-refractivity contribution in [3.05, 3.63) is 59.9 Å². The quantitative estimate of drug-likeness (QED) is 0.836. The average Bonchev–Trinajstić information content (AvgIpc) is 2.30. The zero-order valence-electron chi connectivity index (χ0n) is 8.86. The summed E-state index contributed by atoms with van der Waals surface area (Å²) in [5, 5.41) is 8.97. The molecule has 1 N–H and O–H groups in total. The Morgan fingerprint density at radius 3 is 2.56 bits per heavy atom. The molecule has 2 rings (SSSR count). The van der Waals surface area contributed by atoms with Gasteiger partial charge in [0.25, 0.3) is 0 Å². The minimum Gasteiger partial charge on any atom is -0.396 e. The lowest BCUT2D eigenvalue weighted by atomic mass is 9.98. The maximum absolute atomic E-state index is 13.1. The van der Waals surface area contributed by atoms with Crippen molar-refractivity contribution in [2.45, 2.75) is 6.42 Å². The first kappa shape index (κ1) is 10.8. The summed E-state index contributed by atoms with van der Waals surface area (Å²) < 4.78 is 13.1. The van der Waals surface area contributed by atoms with Crippen molar-refractivity contribution in [1.82, 2.24) is 0 Å². The van der Waals surface area contributed by atoms with Crippen LogP contribution < -0.4 is 0 Å². The number of hydrogen-bond acceptors (Lipinski definition) is 1. The number of aliphatic hydroxyl groups excluding tert-OH is 1. The van der Waals surface area contributed by atoms with E-state index in [1.54, 1.807) is 6.07 Å². The van der Waals surface area contributed by atoms with Gasteiger partial charge in [0.2, 0.25) is 0 Å². The second-order valence-electron chi connectivity index (χ2n) is 3.64. The van der Waals surface area contributed by atoms with Gasteiger partial charge in [-0.25, -0.2) is 4.39 Å². The molecular weight excluding hydrogens is 203 g/mol. The molecule has 0 bridgehead atoms. The molecule has 16 heavy (non-hydrogen) atoms. The normalized spacial score (nSPS) is 10.4. The highest BCUT2D eigenvalue weighted by Crippen LogP contribution is 2.24. The molecule has 0 aliphatic rings. The molecule has 0 heterocycles. The summed E-state index contributed by atoms with van der Waals surface area (Å²) in [6.07, 6.45) is 0.590. The van der Waals surface area contributed by atoms with Gasteiger partial charge in [-0.1, -0.05) is 36.4 Å². The van der Waals surface area contributed by atoms with Crippen molar-refractivity contribution in [3.8, 4) is 11.1 Å². The summed E-state index contributed by atoms with van der Waals surface area (Å²) in [7, 11) is 0. The molecule has 0 aliphatic carbocycles. The number of halogens is 1. The summed E-state index contributed by atoms with van der Waals surface area (Å²) in [6, 6.07) is 14.2. The number of benzene rings is 2. The van der Waals surface area contributed by atoms with Crippen LogP contribution in [-0.2, 0) is 6.42 Å². The fourth-order valence-corrected chi connectivity index (χ4v) is 1.80. The summed E-state index contributed by atoms with van der Waals surface area (Å²) >= 11 is 0. The van der Waals surface area contributed by atoms with E-state index in [2.05, 4.69) is 0 Å². The second kappa shape index (κ2) is 4.90. The van der Waals surface area contributed by atoms with Crippen LogP contribution in [0.4, 0.5) is 4.39 Å². The number of aliphatic hydroxyl groups is 1. The van der Waals surface area contributed by atoms with E-state index >= 15 is 0 Å². The van der Waals surface area contributed by atoms with Crippen LogP contribution in [0.1, 0.15) is 5.56 Å². The van der Waals surface area contributed by atoms with E-state index in [1.165, 1.54) is 12.1 Å². The van der Waals surface area contributed by atoms with E-state index in [-0.39, 0.29) is 12.4 Å². The lowest BCUT2D eigenvalue weighted by molar-refractivity contribution is 0.300. The molecule has 1 nitrogen and oxygen atoms in total. The Morgan fingerprint density at radius 2 is 1.81 bits per heavy atom. The molecule has 0 unspecified atom stereocenters. The highest BCUT2D eigenvalue weighted by Gasteiger charge is 2.04. The largest absolute Gasteiger partial charge is 0.396 e. The van der Waals surface area contributed by atoms with Crippen LogP contribution in [0.25, 0.3) is 11.1 Å². The Bertz CT molecular complexity index is 480. The van der Waals surface area contributed by atoms with Gasteiger partial charge in [-0.15, -0.1) is 0 Å². The third-order valence-corrected chi connectivity index (χ3v) is 2.53. The van der Waals surface area contributed by atoms with Crippen LogP contribution in [0.2, 0.25) is 0 Å². The smallest absolute Gasteiger partial charge is 0.123 e. The van der Waals surface area contributed by atoms with Crippen LogP contribution in [0.3, 0.4) is 0 Å². The monoisotopic (exact) mass is 216 g/mol. The van der Waals surface area contributed by atoms with Crippen molar-refractivity contribution in [1.29, 1.82) is 0 Å². The van der Waals surface area contributed by atoms with E-state index in [9.17, 15) is 4.39 Å². The summed E-state index contributed by atoms with van der Waals surface area (Å²) in [4.78, 5) is 0. The average molecular weight is 216 g/mol. The number of hydrogen-bond donors (Lipinski definition) is 1. The topological polar surface area (TPSA) is 20.2 Å². The molecule has 0 amide bonds. The maximum Gasteiger partial charge on any atom is 0.123 e. The zero-order chi connectivity index (χ0) is 11.4. The van der Waals surface area contributed by atoms with Crippen LogP contribution in [-0.4, -0.2) is 11.7 Å². The van der Waals surface area contributed by atoms with E-state index < -0.39 is 0 Å². The summed E-state index contributed by atoms with van der Waals surface area (Å²) in [6.45, 7) is 0.104. The molecular formula is C14H13FO. The molecule has 0 atom stereocenters. The Hall–Kier alpha value is -1.67. The Morgan fingerprint density at radius 1 is 1.00 bits per heavy atom. The van der Waals surface area contributed by atoms with Crippen molar-refractivity contribution in [2.24, 2.45) is 0 Å². The number of rotatable bonds is 3. The minimum atomic E-state index is -0.240. The fraction of sp³-hybridized carbons (Fsp3) is 0.143. The van der Waals surface area contributed by atoms with Gasteiger partial charge >= 0.3 is 0 Å². The lowest BCUT2D eigenvalue weighted by Crippen LogP contribution is -1.94. The Kier molecular flexibility index (Phi) is 3.32. The molecule has 2 heteroatoms. The fourth-order valence-electron chi connectivity index (χ4n) is 1.80. The third kappa shape index (κ3) is 2.28. The Labute approximate surface area is 94.2 Å². The summed E-state index contributed by atoms with van der Waals surface area (Å²) in [5.41, 5.74) is 2.87. The van der Waals surface area contributed by atoms with Crippen LogP contribution in [0.5, 0.6) is 0 Å². The summed E-state index contributed by atoms with van der Waals surface area (Å²) in [5.74, 6) is -0.240. The van der Waals surface area contributed by atoms with Crippen molar-refractivity contribution >= 4 is 0 Å². The predicted octanol–water partition coefficient (Wildman–Crippen LogP) is 3.03. The molecule has 0 aliphatic heterocycles. The van der Waals surface area contributed by atoms with Crippen LogP contribution in [0.15, 0.2) is 48.5 Å². The van der Waals surface area contributed by atoms with Gasteiger partial charge in [-0.05, 0) is 35.2 Å². The van der Waals surface area contributed by atoms with Gasteiger partial charge in [0.1, 0.15) is 5.82 Å². The highest BCUT2D eigenvalue weighted by atomic mass is 19.1. The van der Waals surface area contributed by atoms with Gasteiger partial charge in [0, 0.05) is 6.61 Å². The van der Waals surface area contributed by atoms with E-state index in [4.69, 9.17) is 5.11 Å². The molecule has 0 aromatic heterocycles. The lowest BCUT2D eigenvalue weighted by Gasteiger charge is -2.08. The third-order valence-electron chi connectivity index (χ3n) is 2.53. The molecule has 0 saturated heterocycles. The van der Waals surface area contributed by atoms with Crippen molar-refractivity contribution < 1.29 is 9.50 Å². The van der Waals surface area contributed by atoms with Gasteiger partial charge in [0.05, 0.1) is 0 Å². The highest BCUT2D eigenvalue weighted by molar-refractivity contribution is 5.67. The van der Waals surface area contributed by atoms with Crippen molar-refractivity contribution in [3.63, 3.8) is 0 Å².